The second-order valence-corrected chi connectivity index (χ2v) is 8.40. The summed E-state index contributed by atoms with van der Waals surface area (Å²) in [5.41, 5.74) is 1.75. The minimum Gasteiger partial charge on any atom is -0.497 e. The smallest absolute Gasteiger partial charge is 0.248 e. The van der Waals surface area contributed by atoms with Gasteiger partial charge in [-0.05, 0) is 43.2 Å². The molecule has 2 aromatic carbocycles. The number of sulfonamides is 1. The van der Waals surface area contributed by atoms with E-state index in [0.717, 1.165) is 16.1 Å². The van der Waals surface area contributed by atoms with Gasteiger partial charge in [0.1, 0.15) is 11.8 Å². The monoisotopic (exact) mass is 410 g/mol. The molecule has 146 valence electrons. The molecule has 6 nitrogen and oxygen atoms in total. The Morgan fingerprint density at radius 3 is 2.52 bits per heavy atom. The molecule has 0 saturated heterocycles. The number of rotatable bonds is 7. The molecule has 1 atom stereocenters. The van der Waals surface area contributed by atoms with Crippen LogP contribution in [0, 0.1) is 6.92 Å². The average molecular weight is 411 g/mol. The average Bonchev–Trinajstić information content (AvgIpc) is 2.61. The van der Waals surface area contributed by atoms with Crippen molar-refractivity contribution in [3.8, 4) is 5.75 Å². The van der Waals surface area contributed by atoms with Gasteiger partial charge in [0.25, 0.3) is 0 Å². The number of halogens is 1. The topological polar surface area (TPSA) is 75.7 Å². The number of aryl methyl sites for hydroxylation is 1. The van der Waals surface area contributed by atoms with Crippen LogP contribution in [-0.2, 0) is 14.8 Å². The highest BCUT2D eigenvalue weighted by Gasteiger charge is 2.31. The molecule has 8 heteroatoms. The quantitative estimate of drug-likeness (QED) is 0.752. The van der Waals surface area contributed by atoms with Crippen LogP contribution >= 0.6 is 11.6 Å². The lowest BCUT2D eigenvalue weighted by Gasteiger charge is -2.30. The predicted molar refractivity (Wildman–Crippen MR) is 109 cm³/mol. The predicted octanol–water partition coefficient (Wildman–Crippen LogP) is 3.84. The molecular weight excluding hydrogens is 388 g/mol. The number of methoxy groups -OCH3 is 1. The van der Waals surface area contributed by atoms with E-state index in [1.807, 2.05) is 6.92 Å². The number of benzene rings is 2. The highest BCUT2D eigenvalue weighted by molar-refractivity contribution is 7.92. The third kappa shape index (κ3) is 5.14. The van der Waals surface area contributed by atoms with Gasteiger partial charge in [0.2, 0.25) is 15.9 Å². The van der Waals surface area contributed by atoms with Crippen molar-refractivity contribution in [2.75, 3.05) is 23.0 Å². The van der Waals surface area contributed by atoms with E-state index in [2.05, 4.69) is 5.32 Å². The number of nitrogens with zero attached hydrogens (tertiary/aromatic N) is 1. The molecule has 0 aliphatic rings. The van der Waals surface area contributed by atoms with Gasteiger partial charge in [-0.1, -0.05) is 30.7 Å². The van der Waals surface area contributed by atoms with Crippen LogP contribution in [0.5, 0.6) is 5.75 Å². The van der Waals surface area contributed by atoms with Crippen LogP contribution in [-0.4, -0.2) is 33.7 Å². The zero-order valence-electron chi connectivity index (χ0n) is 15.7. The molecule has 0 bridgehead atoms. The van der Waals surface area contributed by atoms with Crippen molar-refractivity contribution in [1.29, 1.82) is 0 Å². The van der Waals surface area contributed by atoms with E-state index >= 15 is 0 Å². The van der Waals surface area contributed by atoms with E-state index in [0.29, 0.717) is 22.1 Å². The van der Waals surface area contributed by atoms with Crippen LogP contribution < -0.4 is 14.4 Å². The number of hydrogen-bond donors (Lipinski definition) is 1. The Morgan fingerprint density at radius 1 is 1.26 bits per heavy atom. The van der Waals surface area contributed by atoms with Gasteiger partial charge in [0.05, 0.1) is 19.1 Å². The summed E-state index contributed by atoms with van der Waals surface area (Å²) in [6.07, 6.45) is 1.36. The minimum atomic E-state index is -3.72. The van der Waals surface area contributed by atoms with Crippen LogP contribution in [0.25, 0.3) is 0 Å². The maximum absolute atomic E-state index is 12.9. The largest absolute Gasteiger partial charge is 0.497 e. The molecule has 0 fully saturated rings. The Morgan fingerprint density at radius 2 is 1.96 bits per heavy atom. The van der Waals surface area contributed by atoms with Crippen molar-refractivity contribution >= 4 is 38.9 Å². The van der Waals surface area contributed by atoms with Crippen molar-refractivity contribution < 1.29 is 17.9 Å². The third-order valence-corrected chi connectivity index (χ3v) is 5.66. The van der Waals surface area contributed by atoms with Gasteiger partial charge in [-0.25, -0.2) is 8.42 Å². The number of carbonyl (C=O) groups is 1. The molecule has 1 N–H and O–H groups in total. The summed E-state index contributed by atoms with van der Waals surface area (Å²) in [5, 5.41) is 3.27. The highest BCUT2D eigenvalue weighted by atomic mass is 35.5. The number of amides is 1. The van der Waals surface area contributed by atoms with Crippen molar-refractivity contribution in [3.63, 3.8) is 0 Å². The number of carbonyl (C=O) groups excluding carboxylic acids is 1. The Hall–Kier alpha value is -2.25. The van der Waals surface area contributed by atoms with Crippen LogP contribution in [0.15, 0.2) is 42.5 Å². The molecule has 0 saturated carbocycles. The van der Waals surface area contributed by atoms with E-state index in [-0.39, 0.29) is 6.42 Å². The van der Waals surface area contributed by atoms with Gasteiger partial charge >= 0.3 is 0 Å². The summed E-state index contributed by atoms with van der Waals surface area (Å²) >= 11 is 6.10. The van der Waals surface area contributed by atoms with Gasteiger partial charge in [-0.3, -0.25) is 9.10 Å². The van der Waals surface area contributed by atoms with Crippen LogP contribution in [0.1, 0.15) is 18.9 Å². The first-order valence-electron chi connectivity index (χ1n) is 8.37. The van der Waals surface area contributed by atoms with Gasteiger partial charge in [0.15, 0.2) is 0 Å². The standard InChI is InChI=1S/C19H23ClN2O4S/c1-5-18(19(23)21-14-10-9-13(2)17(20)11-14)22(27(4,24)25)15-7-6-8-16(12-15)26-3/h6-12,18H,5H2,1-4H3,(H,21,23)/t18-/m0/s1. The number of nitrogens with one attached hydrogen (secondary N) is 1. The van der Waals surface area contributed by atoms with Crippen LogP contribution in [0.2, 0.25) is 5.02 Å². The number of anilines is 2. The Kier molecular flexibility index (Phi) is 6.73. The summed E-state index contributed by atoms with van der Waals surface area (Å²) in [6, 6.07) is 10.8. The number of ether oxygens (including phenoxy) is 1. The second-order valence-electron chi connectivity index (χ2n) is 6.14. The fourth-order valence-corrected chi connectivity index (χ4v) is 4.09. The molecule has 0 heterocycles. The van der Waals surface area contributed by atoms with Crippen molar-refractivity contribution in [1.82, 2.24) is 0 Å². The summed E-state index contributed by atoms with van der Waals surface area (Å²) in [4.78, 5) is 12.9. The van der Waals surface area contributed by atoms with E-state index in [4.69, 9.17) is 16.3 Å². The van der Waals surface area contributed by atoms with Gasteiger partial charge < -0.3 is 10.1 Å². The summed E-state index contributed by atoms with van der Waals surface area (Å²) < 4.78 is 31.2. The SMILES string of the molecule is CC[C@@H](C(=O)Nc1ccc(C)c(Cl)c1)N(c1cccc(OC)c1)S(C)(=O)=O. The van der Waals surface area contributed by atoms with E-state index in [9.17, 15) is 13.2 Å². The fourth-order valence-electron chi connectivity index (χ4n) is 2.70. The maximum Gasteiger partial charge on any atom is 0.248 e. The van der Waals surface area contributed by atoms with E-state index in [1.54, 1.807) is 49.4 Å². The van der Waals surface area contributed by atoms with Gasteiger partial charge in [-0.2, -0.15) is 0 Å². The van der Waals surface area contributed by atoms with Crippen LogP contribution in [0.3, 0.4) is 0 Å². The van der Waals surface area contributed by atoms with Gasteiger partial charge in [0, 0.05) is 16.8 Å². The maximum atomic E-state index is 12.9. The molecule has 0 radical (unpaired) electrons. The first-order valence-corrected chi connectivity index (χ1v) is 10.6. The molecule has 2 aromatic rings. The molecule has 0 aliphatic heterocycles. The minimum absolute atomic E-state index is 0.287. The summed E-state index contributed by atoms with van der Waals surface area (Å²) in [7, 11) is -2.22. The second kappa shape index (κ2) is 8.63. The normalized spacial score (nSPS) is 12.3. The lowest BCUT2D eigenvalue weighted by atomic mass is 10.1. The third-order valence-electron chi connectivity index (χ3n) is 4.08. The molecule has 0 spiro atoms. The molecule has 0 unspecified atom stereocenters. The van der Waals surface area contributed by atoms with Crippen molar-refractivity contribution in [3.05, 3.63) is 53.1 Å². The summed E-state index contributed by atoms with van der Waals surface area (Å²) in [6.45, 7) is 3.61. The van der Waals surface area contributed by atoms with E-state index in [1.165, 1.54) is 7.11 Å². The lowest BCUT2D eigenvalue weighted by molar-refractivity contribution is -0.117. The molecule has 2 rings (SSSR count). The highest BCUT2D eigenvalue weighted by Crippen LogP contribution is 2.27. The first-order chi connectivity index (χ1) is 12.7. The van der Waals surface area contributed by atoms with Gasteiger partial charge in [-0.15, -0.1) is 0 Å². The lowest BCUT2D eigenvalue weighted by Crippen LogP contribution is -2.47. The Balaban J connectivity index is 2.39. The molecule has 0 aliphatic carbocycles. The zero-order chi connectivity index (χ0) is 20.2. The summed E-state index contributed by atoms with van der Waals surface area (Å²) in [5.74, 6) is 0.0624. The zero-order valence-corrected chi connectivity index (χ0v) is 17.3. The van der Waals surface area contributed by atoms with Crippen molar-refractivity contribution in [2.24, 2.45) is 0 Å². The Labute approximate surface area is 165 Å². The molecular formula is C19H23ClN2O4S. The fraction of sp³-hybridized carbons (Fsp3) is 0.316. The van der Waals surface area contributed by atoms with Crippen molar-refractivity contribution in [2.45, 2.75) is 26.3 Å². The molecule has 1 amide bonds. The Bertz CT molecular complexity index is 931. The van der Waals surface area contributed by atoms with E-state index < -0.39 is 22.0 Å². The molecule has 0 aromatic heterocycles. The molecule has 27 heavy (non-hydrogen) atoms. The number of hydrogen-bond acceptors (Lipinski definition) is 4. The van der Waals surface area contributed by atoms with Crippen LogP contribution in [0.4, 0.5) is 11.4 Å². The first kappa shape index (κ1) is 21.1.